The van der Waals surface area contributed by atoms with E-state index in [1.165, 1.54) is 23.8 Å². The Balaban J connectivity index is 1.36. The maximum Gasteiger partial charge on any atom is 0.340 e. The third-order valence-corrected chi connectivity index (χ3v) is 10.6. The molecule has 13 nitrogen and oxygen atoms in total. The standard InChI is InChI=1S/C19H27ClN4O9P2/c20-15-4-12(23-6-10-2-1-3-11(10)7-23)13-5-21-19(24(13)22-15)18-17(26)16(25)14(33-18)8-32-35(30,31)9-34(27,28)29/h4-5,10-11,14,16-18,25-26H,1-3,6-9H2,(H,30,31)(H2,27,28,29)/t10?,11?,14-,16-,17-,18-/m1/s1. The first-order chi connectivity index (χ1) is 16.4. The van der Waals surface area contributed by atoms with Gasteiger partial charge in [-0.25, -0.2) is 9.50 Å². The van der Waals surface area contributed by atoms with Crippen LogP contribution in [0.3, 0.4) is 0 Å². The minimum Gasteiger partial charge on any atom is -0.387 e. The van der Waals surface area contributed by atoms with Crippen LogP contribution in [0.15, 0.2) is 12.3 Å². The number of imidazole rings is 1. The molecule has 0 aromatic carbocycles. The molecule has 5 N–H and O–H groups in total. The summed E-state index contributed by atoms with van der Waals surface area (Å²) in [7, 11) is -9.47. The number of rotatable bonds is 7. The van der Waals surface area contributed by atoms with Gasteiger partial charge in [-0.3, -0.25) is 9.13 Å². The molecule has 35 heavy (non-hydrogen) atoms. The molecule has 194 valence electrons. The Bertz CT molecular complexity index is 1200. The van der Waals surface area contributed by atoms with Crippen LogP contribution in [0.4, 0.5) is 5.69 Å². The second-order valence-electron chi connectivity index (χ2n) is 9.44. The zero-order valence-corrected chi connectivity index (χ0v) is 21.0. The molecule has 3 fully saturated rings. The van der Waals surface area contributed by atoms with Crippen LogP contribution >= 0.6 is 26.8 Å². The van der Waals surface area contributed by atoms with E-state index in [0.717, 1.165) is 18.8 Å². The van der Waals surface area contributed by atoms with Gasteiger partial charge >= 0.3 is 15.2 Å². The number of fused-ring (bicyclic) bond motifs is 2. The number of ether oxygens (including phenoxy) is 1. The Morgan fingerprint density at radius 1 is 1.14 bits per heavy atom. The van der Waals surface area contributed by atoms with Crippen molar-refractivity contribution in [3.63, 3.8) is 0 Å². The number of aliphatic hydroxyl groups excluding tert-OH is 2. The summed E-state index contributed by atoms with van der Waals surface area (Å²) in [5.41, 5.74) is 1.53. The van der Waals surface area contributed by atoms with Crippen molar-refractivity contribution in [2.45, 2.75) is 43.7 Å². The maximum atomic E-state index is 11.9. The average molecular weight is 553 g/mol. The Kier molecular flexibility index (Phi) is 6.80. The predicted molar refractivity (Wildman–Crippen MR) is 123 cm³/mol. The quantitative estimate of drug-likeness (QED) is 0.308. The maximum absolute atomic E-state index is 11.9. The predicted octanol–water partition coefficient (Wildman–Crippen LogP) is 1.12. The monoisotopic (exact) mass is 552 g/mol. The summed E-state index contributed by atoms with van der Waals surface area (Å²) in [5, 5.41) is 25.6. The second kappa shape index (κ2) is 9.33. The lowest BCUT2D eigenvalue weighted by Crippen LogP contribution is -2.33. The van der Waals surface area contributed by atoms with E-state index < -0.39 is 52.1 Å². The Labute approximate surface area is 205 Å². The highest BCUT2D eigenvalue weighted by Gasteiger charge is 2.47. The number of nitrogens with zero attached hydrogens (tertiary/aromatic N) is 4. The number of aromatic nitrogens is 3. The van der Waals surface area contributed by atoms with Crippen LogP contribution in [0.25, 0.3) is 5.52 Å². The van der Waals surface area contributed by atoms with Crippen LogP contribution < -0.4 is 4.90 Å². The van der Waals surface area contributed by atoms with Gasteiger partial charge < -0.3 is 39.1 Å². The molecule has 0 amide bonds. The fourth-order valence-electron chi connectivity index (χ4n) is 5.39. The van der Waals surface area contributed by atoms with Gasteiger partial charge in [0, 0.05) is 19.2 Å². The number of halogens is 1. The zero-order valence-electron chi connectivity index (χ0n) is 18.5. The van der Waals surface area contributed by atoms with E-state index in [4.69, 9.17) is 30.6 Å². The van der Waals surface area contributed by atoms with Gasteiger partial charge in [0.25, 0.3) is 0 Å². The van der Waals surface area contributed by atoms with Gasteiger partial charge in [0.1, 0.15) is 29.9 Å². The van der Waals surface area contributed by atoms with Crippen LogP contribution in [-0.2, 0) is 18.4 Å². The summed E-state index contributed by atoms with van der Waals surface area (Å²) in [5.74, 6) is 0.101. The lowest BCUT2D eigenvalue weighted by molar-refractivity contribution is -0.0217. The first-order valence-electron chi connectivity index (χ1n) is 11.2. The van der Waals surface area contributed by atoms with E-state index in [9.17, 15) is 24.2 Å². The van der Waals surface area contributed by atoms with Crippen molar-refractivity contribution in [3.05, 3.63) is 23.2 Å². The smallest absolute Gasteiger partial charge is 0.340 e. The van der Waals surface area contributed by atoms with Gasteiger partial charge in [-0.1, -0.05) is 18.0 Å². The fraction of sp³-hybridized carbons (Fsp3) is 0.684. The van der Waals surface area contributed by atoms with Gasteiger partial charge in [-0.15, -0.1) is 0 Å². The molecular formula is C19H27ClN4O9P2. The van der Waals surface area contributed by atoms with Gasteiger partial charge in [0.2, 0.25) is 0 Å². The zero-order chi connectivity index (χ0) is 25.1. The van der Waals surface area contributed by atoms with Gasteiger partial charge in [-0.2, -0.15) is 5.10 Å². The van der Waals surface area contributed by atoms with Crippen LogP contribution in [0.1, 0.15) is 31.2 Å². The first-order valence-corrected chi connectivity index (χ1v) is 15.2. The molecule has 16 heteroatoms. The molecule has 1 aliphatic carbocycles. The molecule has 0 bridgehead atoms. The molecule has 3 aliphatic rings. The Morgan fingerprint density at radius 2 is 1.83 bits per heavy atom. The lowest BCUT2D eigenvalue weighted by atomic mass is 10.0. The molecule has 5 rings (SSSR count). The number of hydrogen-bond acceptors (Lipinski definition) is 9. The fourth-order valence-corrected chi connectivity index (χ4v) is 8.14. The second-order valence-corrected chi connectivity index (χ2v) is 13.8. The molecule has 4 heterocycles. The SMILES string of the molecule is O=P(O)(O)CP(=O)(O)OC[C@H]1O[C@@H](c2ncc3c(N4CC5CCCC5C4)cc(Cl)nn23)[C@H](O)[C@@H]1O. The Hall–Kier alpha value is -1.11. The van der Waals surface area contributed by atoms with Crippen molar-refractivity contribution in [1.29, 1.82) is 0 Å². The number of anilines is 1. The molecule has 7 atom stereocenters. The molecule has 2 aromatic heterocycles. The lowest BCUT2D eigenvalue weighted by Gasteiger charge is -2.21. The Morgan fingerprint density at radius 3 is 2.49 bits per heavy atom. The van der Waals surface area contributed by atoms with E-state index >= 15 is 0 Å². The summed E-state index contributed by atoms with van der Waals surface area (Å²) in [6.07, 6.45) is -0.131. The summed E-state index contributed by atoms with van der Waals surface area (Å²) >= 11 is 6.32. The van der Waals surface area contributed by atoms with Crippen LogP contribution in [0.5, 0.6) is 0 Å². The van der Waals surface area contributed by atoms with E-state index in [-0.39, 0.29) is 11.0 Å². The number of aliphatic hydroxyl groups is 2. The summed E-state index contributed by atoms with van der Waals surface area (Å²) in [6.45, 7) is 1.15. The molecular weight excluding hydrogens is 526 g/mol. The molecule has 3 unspecified atom stereocenters. The third-order valence-electron chi connectivity index (χ3n) is 6.97. The van der Waals surface area contributed by atoms with Gasteiger partial charge in [-0.05, 0) is 24.7 Å². The van der Waals surface area contributed by atoms with Crippen LogP contribution in [0, 0.1) is 11.8 Å². The van der Waals surface area contributed by atoms with Crippen molar-refractivity contribution >= 4 is 38.0 Å². The van der Waals surface area contributed by atoms with E-state index in [2.05, 4.69) is 15.0 Å². The molecule has 2 saturated heterocycles. The summed E-state index contributed by atoms with van der Waals surface area (Å²) < 4.78 is 34.9. The summed E-state index contributed by atoms with van der Waals surface area (Å²) in [6, 6.07) is 1.78. The largest absolute Gasteiger partial charge is 0.387 e. The highest BCUT2D eigenvalue weighted by molar-refractivity contribution is 7.70. The van der Waals surface area contributed by atoms with Crippen molar-refractivity contribution in [1.82, 2.24) is 14.6 Å². The molecule has 0 radical (unpaired) electrons. The van der Waals surface area contributed by atoms with Crippen molar-refractivity contribution < 1.29 is 43.3 Å². The van der Waals surface area contributed by atoms with Crippen LogP contribution in [0.2, 0.25) is 5.15 Å². The first kappa shape index (κ1) is 25.5. The highest BCUT2D eigenvalue weighted by atomic mass is 35.5. The van der Waals surface area contributed by atoms with E-state index in [1.807, 2.05) is 0 Å². The molecule has 0 spiro atoms. The van der Waals surface area contributed by atoms with E-state index in [1.54, 1.807) is 12.3 Å². The molecule has 2 aromatic rings. The summed E-state index contributed by atoms with van der Waals surface area (Å²) in [4.78, 5) is 34.2. The normalized spacial score (nSPS) is 32.9. The molecule has 2 aliphatic heterocycles. The van der Waals surface area contributed by atoms with E-state index in [0.29, 0.717) is 17.4 Å². The van der Waals surface area contributed by atoms with Gasteiger partial charge in [0.05, 0.1) is 18.5 Å². The van der Waals surface area contributed by atoms with Crippen LogP contribution in [-0.4, -0.2) is 83.4 Å². The minimum absolute atomic E-state index is 0.180. The molecule has 1 saturated carbocycles. The topological polar surface area (TPSA) is 187 Å². The average Bonchev–Trinajstić information content (AvgIpc) is 3.49. The minimum atomic E-state index is -4.81. The van der Waals surface area contributed by atoms with Gasteiger partial charge in [0.15, 0.2) is 16.9 Å². The van der Waals surface area contributed by atoms with Crippen molar-refractivity contribution in [2.24, 2.45) is 11.8 Å². The van der Waals surface area contributed by atoms with Crippen molar-refractivity contribution in [2.75, 3.05) is 30.5 Å². The third kappa shape index (κ3) is 5.17. The highest BCUT2D eigenvalue weighted by Crippen LogP contribution is 2.55. The van der Waals surface area contributed by atoms with Crippen molar-refractivity contribution in [3.8, 4) is 0 Å². The number of hydrogen-bond donors (Lipinski definition) is 5.